The molecule has 0 amide bonds. The van der Waals surface area contributed by atoms with Gasteiger partial charge in [-0.05, 0) is 14.0 Å². The van der Waals surface area contributed by atoms with Crippen molar-refractivity contribution in [2.24, 2.45) is 0 Å². The van der Waals surface area contributed by atoms with E-state index in [1.807, 2.05) is 7.05 Å². The highest BCUT2D eigenvalue weighted by Crippen LogP contribution is 2.02. The van der Waals surface area contributed by atoms with Crippen LogP contribution < -0.4 is 0 Å². The van der Waals surface area contributed by atoms with Gasteiger partial charge in [0.1, 0.15) is 6.10 Å². The number of rotatable bonds is 1. The van der Waals surface area contributed by atoms with Crippen molar-refractivity contribution in [3.05, 3.63) is 0 Å². The lowest BCUT2D eigenvalue weighted by molar-refractivity contribution is -0.133. The van der Waals surface area contributed by atoms with Gasteiger partial charge < -0.3 is 9.64 Å². The van der Waals surface area contributed by atoms with E-state index >= 15 is 0 Å². The standard InChI is InChI=1S/C7H13NO2/c1-6(9)7-5-8(2)3-4-10-7/h7H,3-5H2,1-2H3. The summed E-state index contributed by atoms with van der Waals surface area (Å²) in [5.74, 6) is 0.131. The fraction of sp³-hybridized carbons (Fsp3) is 0.857. The van der Waals surface area contributed by atoms with Crippen molar-refractivity contribution in [3.63, 3.8) is 0 Å². The lowest BCUT2D eigenvalue weighted by atomic mass is 10.2. The van der Waals surface area contributed by atoms with Crippen LogP contribution in [0.15, 0.2) is 0 Å². The zero-order chi connectivity index (χ0) is 7.56. The Morgan fingerprint density at radius 3 is 2.80 bits per heavy atom. The van der Waals surface area contributed by atoms with Gasteiger partial charge in [0.25, 0.3) is 0 Å². The maximum absolute atomic E-state index is 10.8. The maximum atomic E-state index is 10.8. The minimum atomic E-state index is -0.182. The normalized spacial score (nSPS) is 28.4. The summed E-state index contributed by atoms with van der Waals surface area (Å²) < 4.78 is 5.22. The Morgan fingerprint density at radius 1 is 1.70 bits per heavy atom. The molecule has 0 saturated carbocycles. The Hall–Kier alpha value is -0.410. The van der Waals surface area contributed by atoms with Gasteiger partial charge in [0.15, 0.2) is 5.78 Å². The highest BCUT2D eigenvalue weighted by molar-refractivity contribution is 5.80. The molecule has 1 rings (SSSR count). The van der Waals surface area contributed by atoms with Gasteiger partial charge in [-0.15, -0.1) is 0 Å². The third-order valence-electron chi connectivity index (χ3n) is 1.72. The molecule has 58 valence electrons. The van der Waals surface area contributed by atoms with Crippen molar-refractivity contribution >= 4 is 5.78 Å². The number of carbonyl (C=O) groups is 1. The fourth-order valence-corrected chi connectivity index (χ4v) is 1.02. The number of morpholine rings is 1. The Balaban J connectivity index is 2.39. The molecule has 0 bridgehead atoms. The number of hydrogen-bond donors (Lipinski definition) is 0. The van der Waals surface area contributed by atoms with Crippen LogP contribution in [0.1, 0.15) is 6.92 Å². The highest BCUT2D eigenvalue weighted by atomic mass is 16.5. The van der Waals surface area contributed by atoms with Crippen LogP contribution in [-0.2, 0) is 9.53 Å². The summed E-state index contributed by atoms with van der Waals surface area (Å²) in [6.07, 6.45) is -0.182. The summed E-state index contributed by atoms with van der Waals surface area (Å²) in [6, 6.07) is 0. The average Bonchev–Trinajstić information content (AvgIpc) is 1.88. The van der Waals surface area contributed by atoms with Gasteiger partial charge in [-0.2, -0.15) is 0 Å². The van der Waals surface area contributed by atoms with E-state index in [1.54, 1.807) is 6.92 Å². The van der Waals surface area contributed by atoms with E-state index in [4.69, 9.17) is 4.74 Å². The van der Waals surface area contributed by atoms with Crippen molar-refractivity contribution in [1.82, 2.24) is 4.90 Å². The molecule has 0 aromatic heterocycles. The largest absolute Gasteiger partial charge is 0.368 e. The zero-order valence-electron chi connectivity index (χ0n) is 6.46. The van der Waals surface area contributed by atoms with Crippen LogP contribution in [0.5, 0.6) is 0 Å². The van der Waals surface area contributed by atoms with E-state index in [0.29, 0.717) is 6.61 Å². The Labute approximate surface area is 61.0 Å². The first-order chi connectivity index (χ1) is 4.70. The van der Waals surface area contributed by atoms with Crippen LogP contribution in [0.25, 0.3) is 0 Å². The number of Topliss-reactive ketones (excluding diaryl/α,β-unsaturated/α-hetero) is 1. The van der Waals surface area contributed by atoms with E-state index in [9.17, 15) is 4.79 Å². The van der Waals surface area contributed by atoms with E-state index in [2.05, 4.69) is 4.90 Å². The molecule has 3 heteroatoms. The molecule has 0 radical (unpaired) electrons. The lowest BCUT2D eigenvalue weighted by Gasteiger charge is -2.28. The maximum Gasteiger partial charge on any atom is 0.159 e. The van der Waals surface area contributed by atoms with Gasteiger partial charge in [-0.25, -0.2) is 0 Å². The second-order valence-corrected chi connectivity index (χ2v) is 2.73. The second-order valence-electron chi connectivity index (χ2n) is 2.73. The van der Waals surface area contributed by atoms with E-state index in [-0.39, 0.29) is 11.9 Å². The molecule has 1 atom stereocenters. The summed E-state index contributed by atoms with van der Waals surface area (Å²) >= 11 is 0. The van der Waals surface area contributed by atoms with Crippen LogP contribution in [0.4, 0.5) is 0 Å². The minimum Gasteiger partial charge on any atom is -0.368 e. The highest BCUT2D eigenvalue weighted by Gasteiger charge is 2.20. The topological polar surface area (TPSA) is 29.5 Å². The Morgan fingerprint density at radius 2 is 2.40 bits per heavy atom. The van der Waals surface area contributed by atoms with Crippen LogP contribution in [0, 0.1) is 0 Å². The van der Waals surface area contributed by atoms with Gasteiger partial charge in [0.05, 0.1) is 6.61 Å². The molecule has 1 heterocycles. The summed E-state index contributed by atoms with van der Waals surface area (Å²) in [4.78, 5) is 12.9. The fourth-order valence-electron chi connectivity index (χ4n) is 1.02. The van der Waals surface area contributed by atoms with Crippen LogP contribution in [0.2, 0.25) is 0 Å². The second kappa shape index (κ2) is 3.12. The predicted octanol–water partition coefficient (Wildman–Crippen LogP) is -0.0940. The van der Waals surface area contributed by atoms with E-state index < -0.39 is 0 Å². The predicted molar refractivity (Wildman–Crippen MR) is 37.9 cm³/mol. The van der Waals surface area contributed by atoms with Gasteiger partial charge in [-0.1, -0.05) is 0 Å². The van der Waals surface area contributed by atoms with Crippen LogP contribution >= 0.6 is 0 Å². The van der Waals surface area contributed by atoms with Crippen molar-refractivity contribution in [1.29, 1.82) is 0 Å². The summed E-state index contributed by atoms with van der Waals surface area (Å²) in [5.41, 5.74) is 0. The van der Waals surface area contributed by atoms with E-state index in [0.717, 1.165) is 13.1 Å². The molecule has 1 aliphatic heterocycles. The molecule has 0 aromatic carbocycles. The van der Waals surface area contributed by atoms with E-state index in [1.165, 1.54) is 0 Å². The molecule has 0 spiro atoms. The molecule has 1 unspecified atom stereocenters. The number of ether oxygens (including phenoxy) is 1. The SMILES string of the molecule is CC(=O)C1CN(C)CCO1. The molecule has 1 fully saturated rings. The molecule has 0 aliphatic carbocycles. The zero-order valence-corrected chi connectivity index (χ0v) is 6.46. The summed E-state index contributed by atoms with van der Waals surface area (Å²) in [6.45, 7) is 3.93. The van der Waals surface area contributed by atoms with Crippen molar-refractivity contribution in [2.45, 2.75) is 13.0 Å². The first-order valence-electron chi connectivity index (χ1n) is 3.51. The summed E-state index contributed by atoms with van der Waals surface area (Å²) in [7, 11) is 2.00. The third-order valence-corrected chi connectivity index (χ3v) is 1.72. The van der Waals surface area contributed by atoms with Gasteiger partial charge >= 0.3 is 0 Å². The first-order valence-corrected chi connectivity index (χ1v) is 3.51. The molecule has 0 N–H and O–H groups in total. The van der Waals surface area contributed by atoms with Gasteiger partial charge in [-0.3, -0.25) is 4.79 Å². The molecule has 1 aliphatic rings. The van der Waals surface area contributed by atoms with Crippen LogP contribution in [0.3, 0.4) is 0 Å². The molecule has 3 nitrogen and oxygen atoms in total. The van der Waals surface area contributed by atoms with Crippen LogP contribution in [-0.4, -0.2) is 43.5 Å². The third kappa shape index (κ3) is 1.78. The Bertz CT molecular complexity index is 136. The molecular weight excluding hydrogens is 130 g/mol. The Kier molecular flexibility index (Phi) is 2.40. The minimum absolute atomic E-state index is 0.131. The molecule has 10 heavy (non-hydrogen) atoms. The number of likely N-dealkylation sites (N-methyl/N-ethyl adjacent to an activating group) is 1. The average molecular weight is 143 g/mol. The van der Waals surface area contributed by atoms with Crippen molar-refractivity contribution in [3.8, 4) is 0 Å². The number of nitrogens with zero attached hydrogens (tertiary/aromatic N) is 1. The van der Waals surface area contributed by atoms with Gasteiger partial charge in [0.2, 0.25) is 0 Å². The smallest absolute Gasteiger partial charge is 0.159 e. The monoisotopic (exact) mass is 143 g/mol. The van der Waals surface area contributed by atoms with Crippen molar-refractivity contribution in [2.75, 3.05) is 26.7 Å². The molecular formula is C7H13NO2. The number of carbonyl (C=O) groups excluding carboxylic acids is 1. The van der Waals surface area contributed by atoms with Crippen molar-refractivity contribution < 1.29 is 9.53 Å². The molecule has 1 saturated heterocycles. The van der Waals surface area contributed by atoms with Gasteiger partial charge in [0, 0.05) is 13.1 Å². The number of hydrogen-bond acceptors (Lipinski definition) is 3. The first kappa shape index (κ1) is 7.69. The summed E-state index contributed by atoms with van der Waals surface area (Å²) in [5, 5.41) is 0. The molecule has 0 aromatic rings. The lowest BCUT2D eigenvalue weighted by Crippen LogP contribution is -2.43. The quantitative estimate of drug-likeness (QED) is 0.513. The number of ketones is 1.